The zero-order valence-corrected chi connectivity index (χ0v) is 38.7. The number of aromatic nitrogens is 2. The zero-order valence-electron chi connectivity index (χ0n) is 38.2. The van der Waals surface area contributed by atoms with E-state index in [1.54, 1.807) is 109 Å². The molecule has 2 heterocycles. The molecule has 2 saturated carbocycles. The van der Waals surface area contributed by atoms with E-state index in [0.29, 0.717) is 102 Å². The molecule has 2 amide bonds. The average molecular weight is 980 g/mol. The molecule has 14 nitrogen and oxygen atoms in total. The van der Waals surface area contributed by atoms with Crippen LogP contribution in [0.1, 0.15) is 76.4 Å². The number of ether oxygens (including phenoxy) is 3. The second-order valence-electron chi connectivity index (χ2n) is 16.1. The molecule has 69 heavy (non-hydrogen) atoms. The fourth-order valence-electron chi connectivity index (χ4n) is 6.88. The van der Waals surface area contributed by atoms with Gasteiger partial charge in [0.15, 0.2) is 0 Å². The topological polar surface area (TPSA) is 240 Å². The van der Waals surface area contributed by atoms with E-state index in [1.807, 2.05) is 6.07 Å². The normalized spacial score (nSPS) is 12.8. The molecule has 0 spiro atoms. The number of esters is 1. The molecule has 9 rings (SSSR count). The Balaban J connectivity index is 0.000000202. The first-order valence-corrected chi connectivity index (χ1v) is 22.4. The summed E-state index contributed by atoms with van der Waals surface area (Å²) in [6.07, 6.45) is 8.88. The Morgan fingerprint density at radius 1 is 0.667 bits per heavy atom. The quantitative estimate of drug-likeness (QED) is 0.0477. The van der Waals surface area contributed by atoms with Crippen LogP contribution in [0.15, 0.2) is 116 Å². The van der Waals surface area contributed by atoms with Crippen LogP contribution in [0.2, 0.25) is 10.0 Å². The Kier molecular flexibility index (Phi) is 17.6. The lowest BCUT2D eigenvalue weighted by atomic mass is 10.0. The number of Topliss-reactive ketones (excluding diaryl/α,β-unsaturated/α-hetero) is 1. The first-order chi connectivity index (χ1) is 33.7. The summed E-state index contributed by atoms with van der Waals surface area (Å²) in [5.74, 6) is 1.31. The summed E-state index contributed by atoms with van der Waals surface area (Å²) in [4.78, 5) is 56.4. The number of hydrogen-bond acceptors (Lipinski definition) is 12. The summed E-state index contributed by atoms with van der Waals surface area (Å²) in [6, 6.07) is 29.2. The molecule has 5 aromatic carbocycles. The van der Waals surface area contributed by atoms with Crippen LogP contribution in [0.5, 0.6) is 28.7 Å². The summed E-state index contributed by atoms with van der Waals surface area (Å²) in [7, 11) is -1.00. The van der Waals surface area contributed by atoms with E-state index >= 15 is 0 Å². The maximum Gasteiger partial charge on any atom is 0.315 e. The molecule has 0 saturated heterocycles. The van der Waals surface area contributed by atoms with E-state index in [9.17, 15) is 33.8 Å². The zero-order chi connectivity index (χ0) is 50.3. The van der Waals surface area contributed by atoms with E-state index < -0.39 is 24.9 Å². The van der Waals surface area contributed by atoms with E-state index in [1.165, 1.54) is 12.8 Å². The number of pyridine rings is 2. The standard InChI is InChI=1S/C25H19ClN2O5.C23H21ClN2O4.C3H7N.CH3F/c26-21-12-18(7-6-15(21)11-24(30)33-17-4-2-1-3-5-17)32-23-8-9-28-22-10-16(14-29)19(25(27)31)13-20(22)23;24-20-10-17(4-3-14(20)8-16(28)7-13-1-2-13)30-22-5-6-26-21-9-15(12-27)18(23(25)29)11-19(21)22;4-3-1-2-3;1-2/h1-10,12-13,29H,11,14H2,(H2,27,31);3-6,9-11,13,27H,1-2,7-8,12H2,(H2,25,29);3H,1-2,4H2;1H3/i;;;1D. The van der Waals surface area contributed by atoms with Crippen molar-refractivity contribution in [3.8, 4) is 28.7 Å². The molecule has 2 aromatic heterocycles. The largest absolute Gasteiger partial charge is 0.457 e. The maximum absolute atomic E-state index is 12.2. The number of nitrogens with two attached hydrogens (primary N) is 3. The molecule has 17 heteroatoms. The van der Waals surface area contributed by atoms with Crippen molar-refractivity contribution in [2.45, 2.75) is 64.2 Å². The number of benzene rings is 5. The van der Waals surface area contributed by atoms with Crippen molar-refractivity contribution in [1.29, 1.82) is 0 Å². The van der Waals surface area contributed by atoms with Crippen LogP contribution < -0.4 is 31.4 Å². The third-order valence-electron chi connectivity index (χ3n) is 10.8. The minimum Gasteiger partial charge on any atom is -0.457 e. The van der Waals surface area contributed by atoms with Gasteiger partial charge in [-0.15, -0.1) is 0 Å². The van der Waals surface area contributed by atoms with Crippen LogP contribution in [-0.2, 0) is 35.6 Å². The summed E-state index contributed by atoms with van der Waals surface area (Å²) in [5, 5.41) is 21.0. The number of amides is 2. The van der Waals surface area contributed by atoms with Crippen LogP contribution in [0.25, 0.3) is 21.8 Å². The fourth-order valence-corrected chi connectivity index (χ4v) is 7.35. The van der Waals surface area contributed by atoms with Crippen molar-refractivity contribution >= 4 is 68.6 Å². The number of fused-ring (bicyclic) bond motifs is 2. The first kappa shape index (κ1) is 49.9. The SMILES string of the molecule is NC(=O)c1cc2c(Oc3ccc(CC(=O)CC4CC4)c(Cl)c3)ccnc2cc1CO.NC(=O)c1cc2c(Oc3ccc(CC(=O)Oc4ccccc4)c(Cl)c3)ccnc2cc1CO.NC1CC1.[2H]CF. The second-order valence-corrected chi connectivity index (χ2v) is 16.9. The van der Waals surface area contributed by atoms with E-state index in [-0.39, 0.29) is 36.5 Å². The highest BCUT2D eigenvalue weighted by Gasteiger charge is 2.25. The van der Waals surface area contributed by atoms with E-state index in [0.717, 1.165) is 18.4 Å². The molecule has 8 N–H and O–H groups in total. The smallest absolute Gasteiger partial charge is 0.315 e. The molecule has 2 fully saturated rings. The number of carbonyl (C=O) groups is 4. The van der Waals surface area contributed by atoms with Gasteiger partial charge in [-0.3, -0.25) is 33.5 Å². The Bertz CT molecular complexity index is 3000. The van der Waals surface area contributed by atoms with Gasteiger partial charge in [0.05, 0.1) is 39.2 Å². The van der Waals surface area contributed by atoms with Crippen molar-refractivity contribution in [2.24, 2.45) is 23.1 Å². The third-order valence-corrected chi connectivity index (χ3v) is 11.5. The lowest BCUT2D eigenvalue weighted by Crippen LogP contribution is -2.14. The first-order valence-electron chi connectivity index (χ1n) is 22.4. The molecule has 0 unspecified atom stereocenters. The molecule has 0 aliphatic heterocycles. The van der Waals surface area contributed by atoms with Gasteiger partial charge in [-0.1, -0.05) is 53.5 Å². The number of halogens is 3. The number of nitrogens with zero attached hydrogens (tertiary/aromatic N) is 2. The van der Waals surface area contributed by atoms with Gasteiger partial charge in [0, 0.05) is 63.2 Å². The Morgan fingerprint density at radius 2 is 1.13 bits per heavy atom. The van der Waals surface area contributed by atoms with Crippen LogP contribution >= 0.6 is 23.2 Å². The average Bonchev–Trinajstić information content (AvgIpc) is 4.30. The minimum absolute atomic E-state index is 0.00188. The van der Waals surface area contributed by atoms with Gasteiger partial charge in [-0.25, -0.2) is 0 Å². The fraction of sp³-hybridized carbons (Fsp3) is 0.231. The number of hydrogen-bond donors (Lipinski definition) is 5. The third kappa shape index (κ3) is 14.5. The lowest BCUT2D eigenvalue weighted by Gasteiger charge is -2.12. The van der Waals surface area contributed by atoms with Gasteiger partial charge < -0.3 is 41.6 Å². The second kappa shape index (κ2) is 24.3. The number of alkyl halides is 1. The molecule has 2 aliphatic carbocycles. The van der Waals surface area contributed by atoms with E-state index in [4.69, 9.17) is 56.0 Å². The molecule has 0 radical (unpaired) electrons. The maximum atomic E-state index is 12.2. The summed E-state index contributed by atoms with van der Waals surface area (Å²) < 4.78 is 32.8. The number of primary amides is 2. The van der Waals surface area contributed by atoms with Crippen molar-refractivity contribution in [3.05, 3.63) is 159 Å². The molecule has 0 atom stereocenters. The Hall–Kier alpha value is -7.01. The van der Waals surface area contributed by atoms with Crippen LogP contribution in [0.4, 0.5) is 4.39 Å². The number of ketones is 1. The molecule has 0 bridgehead atoms. The number of para-hydroxylation sites is 1. The molecule has 358 valence electrons. The van der Waals surface area contributed by atoms with Gasteiger partial charge in [0.2, 0.25) is 11.8 Å². The van der Waals surface area contributed by atoms with Crippen molar-refractivity contribution in [3.63, 3.8) is 0 Å². The highest BCUT2D eigenvalue weighted by atomic mass is 35.5. The Labute approximate surface area is 408 Å². The van der Waals surface area contributed by atoms with Crippen molar-refractivity contribution in [2.75, 3.05) is 7.15 Å². The van der Waals surface area contributed by atoms with E-state index in [2.05, 4.69) is 9.97 Å². The van der Waals surface area contributed by atoms with Gasteiger partial charge in [0.1, 0.15) is 34.5 Å². The van der Waals surface area contributed by atoms with Gasteiger partial charge in [0.25, 0.3) is 0 Å². The van der Waals surface area contributed by atoms with Crippen LogP contribution in [0.3, 0.4) is 0 Å². The summed E-state index contributed by atoms with van der Waals surface area (Å²) >= 11 is 12.8. The highest BCUT2D eigenvalue weighted by molar-refractivity contribution is 6.32. The lowest BCUT2D eigenvalue weighted by molar-refractivity contribution is -0.133. The van der Waals surface area contributed by atoms with Gasteiger partial charge >= 0.3 is 5.97 Å². The number of aliphatic hydroxyl groups excluding tert-OH is 2. The van der Waals surface area contributed by atoms with Crippen LogP contribution in [0, 0.1) is 5.92 Å². The predicted octanol–water partition coefficient (Wildman–Crippen LogP) is 9.30. The molecular weight excluding hydrogens is 929 g/mol. The highest BCUT2D eigenvalue weighted by Crippen LogP contribution is 2.36. The van der Waals surface area contributed by atoms with Gasteiger partial charge in [-0.05, 0) is 127 Å². The van der Waals surface area contributed by atoms with Crippen LogP contribution in [-0.4, -0.2) is 56.9 Å². The Morgan fingerprint density at radius 3 is 1.54 bits per heavy atom. The molecular formula is C52H50Cl2FN5O9. The van der Waals surface area contributed by atoms with Crippen molar-refractivity contribution < 1.29 is 49.4 Å². The molecule has 2 aliphatic rings. The minimum atomic E-state index is -1.00. The summed E-state index contributed by atoms with van der Waals surface area (Å²) in [5.41, 5.74) is 19.8. The van der Waals surface area contributed by atoms with Crippen molar-refractivity contribution in [1.82, 2.24) is 9.97 Å². The number of carbonyl (C=O) groups excluding carboxylic acids is 4. The molecule has 7 aromatic rings. The predicted molar refractivity (Wildman–Crippen MR) is 261 cm³/mol. The summed E-state index contributed by atoms with van der Waals surface area (Å²) in [6.45, 7) is -0.664. The van der Waals surface area contributed by atoms with Gasteiger partial charge in [-0.2, -0.15) is 0 Å². The monoisotopic (exact) mass is 978 g/mol. The number of rotatable bonds is 15. The number of aliphatic hydroxyl groups is 2.